The summed E-state index contributed by atoms with van der Waals surface area (Å²) in [6.45, 7) is 0. The zero-order valence-corrected chi connectivity index (χ0v) is 29.2. The molecule has 244 valence electrons. The maximum absolute atomic E-state index is 2.40. The lowest BCUT2D eigenvalue weighted by atomic mass is 9.93. The molecule has 2 heteroatoms. The van der Waals surface area contributed by atoms with Crippen molar-refractivity contribution < 1.29 is 0 Å². The van der Waals surface area contributed by atoms with Crippen LogP contribution in [0.25, 0.3) is 75.1 Å². The topological polar surface area (TPSA) is 3.24 Å². The summed E-state index contributed by atoms with van der Waals surface area (Å²) in [7, 11) is 0. The fraction of sp³-hybridized carbons (Fsp3) is 0. The minimum atomic E-state index is 1.11. The summed E-state index contributed by atoms with van der Waals surface area (Å²) in [5.74, 6) is 0. The van der Waals surface area contributed by atoms with Crippen LogP contribution in [0.15, 0.2) is 200 Å². The molecule has 0 radical (unpaired) electrons. The maximum atomic E-state index is 2.40. The Labute approximate surface area is 307 Å². The summed E-state index contributed by atoms with van der Waals surface area (Å²) in [5, 5.41) is 7.63. The number of benzene rings is 9. The van der Waals surface area contributed by atoms with Crippen LogP contribution >= 0.6 is 11.3 Å². The first kappa shape index (κ1) is 30.4. The SMILES string of the molecule is c1ccc(-c2ccc(N(c3ccc(-c4ccc5sc6ccccc6c5c4)cc3)c3ccc4ccc5ccccc5c4c3)cc2-c2ccccc2)cc1. The molecule has 10 aromatic rings. The van der Waals surface area contributed by atoms with E-state index in [1.807, 2.05) is 11.3 Å². The van der Waals surface area contributed by atoms with Crippen molar-refractivity contribution in [3.63, 3.8) is 0 Å². The molecule has 0 saturated carbocycles. The van der Waals surface area contributed by atoms with Gasteiger partial charge in [-0.3, -0.25) is 0 Å². The van der Waals surface area contributed by atoms with Gasteiger partial charge in [-0.1, -0.05) is 146 Å². The molecule has 10 rings (SSSR count). The summed E-state index contributed by atoms with van der Waals surface area (Å²) in [5.41, 5.74) is 10.6. The van der Waals surface area contributed by atoms with Crippen molar-refractivity contribution >= 4 is 70.1 Å². The van der Waals surface area contributed by atoms with Crippen LogP contribution in [0.1, 0.15) is 0 Å². The molecule has 0 fully saturated rings. The van der Waals surface area contributed by atoms with Gasteiger partial charge < -0.3 is 4.90 Å². The Morgan fingerprint density at radius 1 is 0.288 bits per heavy atom. The molecular formula is C50H33NS. The molecule has 0 amide bonds. The lowest BCUT2D eigenvalue weighted by molar-refractivity contribution is 1.29. The van der Waals surface area contributed by atoms with E-state index in [1.165, 1.54) is 75.1 Å². The number of thiophene rings is 1. The zero-order valence-electron chi connectivity index (χ0n) is 28.4. The Morgan fingerprint density at radius 2 is 0.846 bits per heavy atom. The van der Waals surface area contributed by atoms with Crippen molar-refractivity contribution in [2.45, 2.75) is 0 Å². The Bertz CT molecular complexity index is 2890. The first-order chi connectivity index (χ1) is 25.8. The number of anilines is 3. The molecule has 0 bridgehead atoms. The third kappa shape index (κ3) is 5.33. The average Bonchev–Trinajstić information content (AvgIpc) is 3.60. The van der Waals surface area contributed by atoms with Crippen LogP contribution in [0, 0.1) is 0 Å². The molecule has 0 aliphatic carbocycles. The maximum Gasteiger partial charge on any atom is 0.0468 e. The number of rotatable bonds is 6. The summed E-state index contributed by atoms with van der Waals surface area (Å²) in [6.07, 6.45) is 0. The highest BCUT2D eigenvalue weighted by Gasteiger charge is 2.18. The minimum Gasteiger partial charge on any atom is -0.310 e. The van der Waals surface area contributed by atoms with Crippen LogP contribution in [-0.4, -0.2) is 0 Å². The molecule has 0 aliphatic rings. The average molecular weight is 680 g/mol. The van der Waals surface area contributed by atoms with E-state index in [0.717, 1.165) is 17.1 Å². The van der Waals surface area contributed by atoms with Crippen LogP contribution < -0.4 is 4.90 Å². The van der Waals surface area contributed by atoms with Crippen LogP contribution in [0.4, 0.5) is 17.1 Å². The second kappa shape index (κ2) is 12.7. The fourth-order valence-electron chi connectivity index (χ4n) is 7.68. The van der Waals surface area contributed by atoms with Crippen molar-refractivity contribution in [2.75, 3.05) is 4.90 Å². The van der Waals surface area contributed by atoms with E-state index >= 15 is 0 Å². The van der Waals surface area contributed by atoms with E-state index in [0.29, 0.717) is 0 Å². The van der Waals surface area contributed by atoms with E-state index in [4.69, 9.17) is 0 Å². The fourth-order valence-corrected chi connectivity index (χ4v) is 8.77. The smallest absolute Gasteiger partial charge is 0.0468 e. The summed E-state index contributed by atoms with van der Waals surface area (Å²) in [4.78, 5) is 2.40. The Hall–Kier alpha value is -6.48. The van der Waals surface area contributed by atoms with Gasteiger partial charge in [-0.15, -0.1) is 11.3 Å². The molecule has 0 spiro atoms. The van der Waals surface area contributed by atoms with E-state index in [1.54, 1.807) is 0 Å². The largest absolute Gasteiger partial charge is 0.310 e. The highest BCUT2D eigenvalue weighted by atomic mass is 32.1. The molecule has 1 heterocycles. The highest BCUT2D eigenvalue weighted by Crippen LogP contribution is 2.43. The van der Waals surface area contributed by atoms with Gasteiger partial charge in [0.25, 0.3) is 0 Å². The van der Waals surface area contributed by atoms with Gasteiger partial charge in [-0.05, 0) is 110 Å². The van der Waals surface area contributed by atoms with Gasteiger partial charge >= 0.3 is 0 Å². The zero-order chi connectivity index (χ0) is 34.4. The van der Waals surface area contributed by atoms with Crippen molar-refractivity contribution in [1.29, 1.82) is 0 Å². The molecule has 0 unspecified atom stereocenters. The lowest BCUT2D eigenvalue weighted by Gasteiger charge is -2.27. The molecular weight excluding hydrogens is 647 g/mol. The summed E-state index contributed by atoms with van der Waals surface area (Å²) < 4.78 is 2.65. The van der Waals surface area contributed by atoms with Gasteiger partial charge in [0.15, 0.2) is 0 Å². The molecule has 1 aromatic heterocycles. The van der Waals surface area contributed by atoms with Gasteiger partial charge in [-0.2, -0.15) is 0 Å². The van der Waals surface area contributed by atoms with Gasteiger partial charge in [0.2, 0.25) is 0 Å². The van der Waals surface area contributed by atoms with Crippen molar-refractivity contribution in [2.24, 2.45) is 0 Å². The van der Waals surface area contributed by atoms with E-state index < -0.39 is 0 Å². The first-order valence-corrected chi connectivity index (χ1v) is 18.6. The predicted octanol–water partition coefficient (Wildman–Crippen LogP) is 14.8. The van der Waals surface area contributed by atoms with Crippen LogP contribution in [0.5, 0.6) is 0 Å². The molecule has 0 atom stereocenters. The predicted molar refractivity (Wildman–Crippen MR) is 225 cm³/mol. The number of nitrogens with zero attached hydrogens (tertiary/aromatic N) is 1. The molecule has 0 N–H and O–H groups in total. The second-order valence-corrected chi connectivity index (χ2v) is 14.4. The van der Waals surface area contributed by atoms with Crippen LogP contribution in [-0.2, 0) is 0 Å². The van der Waals surface area contributed by atoms with Crippen LogP contribution in [0.3, 0.4) is 0 Å². The van der Waals surface area contributed by atoms with Crippen molar-refractivity contribution in [3.8, 4) is 33.4 Å². The number of fused-ring (bicyclic) bond motifs is 6. The van der Waals surface area contributed by atoms with E-state index in [9.17, 15) is 0 Å². The minimum absolute atomic E-state index is 1.11. The highest BCUT2D eigenvalue weighted by molar-refractivity contribution is 7.25. The normalized spacial score (nSPS) is 11.5. The molecule has 0 aliphatic heterocycles. The lowest BCUT2D eigenvalue weighted by Crippen LogP contribution is -2.10. The monoisotopic (exact) mass is 679 g/mol. The van der Waals surface area contributed by atoms with Crippen LogP contribution in [0.2, 0.25) is 0 Å². The first-order valence-electron chi connectivity index (χ1n) is 17.8. The third-order valence-electron chi connectivity index (χ3n) is 10.3. The quantitative estimate of drug-likeness (QED) is 0.158. The Morgan fingerprint density at radius 3 is 1.63 bits per heavy atom. The van der Waals surface area contributed by atoms with Gasteiger partial charge in [0.1, 0.15) is 0 Å². The summed E-state index contributed by atoms with van der Waals surface area (Å²) in [6, 6.07) is 73.0. The third-order valence-corrected chi connectivity index (χ3v) is 11.4. The number of hydrogen-bond acceptors (Lipinski definition) is 2. The van der Waals surface area contributed by atoms with Crippen molar-refractivity contribution in [1.82, 2.24) is 0 Å². The van der Waals surface area contributed by atoms with E-state index in [2.05, 4.69) is 205 Å². The standard InChI is InChI=1S/C50H33NS/c1-3-11-35(12-4-1)44-29-28-42(33-46(44)36-13-5-2-6-14-36)51(41-27-23-38-20-19-37-15-7-8-16-43(37)47(38)32-41)40-25-21-34(22-26-40)39-24-30-50-48(31-39)45-17-9-10-18-49(45)52-50/h1-33H. The van der Waals surface area contributed by atoms with Gasteiger partial charge in [-0.25, -0.2) is 0 Å². The molecule has 1 nitrogen and oxygen atoms in total. The Balaban J connectivity index is 1.15. The van der Waals surface area contributed by atoms with Crippen molar-refractivity contribution in [3.05, 3.63) is 200 Å². The Kier molecular flexibility index (Phi) is 7.41. The molecule has 0 saturated heterocycles. The molecule has 9 aromatic carbocycles. The van der Waals surface area contributed by atoms with Gasteiger partial charge in [0, 0.05) is 37.2 Å². The summed E-state index contributed by atoms with van der Waals surface area (Å²) >= 11 is 1.86. The van der Waals surface area contributed by atoms with Gasteiger partial charge in [0.05, 0.1) is 0 Å². The van der Waals surface area contributed by atoms with E-state index in [-0.39, 0.29) is 0 Å². The second-order valence-electron chi connectivity index (χ2n) is 13.3. The molecule has 52 heavy (non-hydrogen) atoms. The number of hydrogen-bond donors (Lipinski definition) is 0.